The fraction of sp³-hybridized carbons (Fsp3) is 0.368. The highest BCUT2D eigenvalue weighted by Gasteiger charge is 2.26. The minimum Gasteiger partial charge on any atom is -0.341 e. The molecule has 2 heterocycles. The molecular formula is C19H21Cl2N5O2. The molecule has 9 heteroatoms. The molecule has 0 unspecified atom stereocenters. The van der Waals surface area contributed by atoms with E-state index in [4.69, 9.17) is 23.2 Å². The van der Waals surface area contributed by atoms with E-state index in [1.54, 1.807) is 30.6 Å². The second kappa shape index (κ2) is 9.71. The number of benzene rings is 1. The Hall–Kier alpha value is -2.38. The van der Waals surface area contributed by atoms with E-state index in [2.05, 4.69) is 25.7 Å². The Kier molecular flexibility index (Phi) is 7.06. The molecule has 148 valence electrons. The largest absolute Gasteiger partial charge is 0.341 e. The number of anilines is 1. The normalized spacial score (nSPS) is 14.6. The Labute approximate surface area is 173 Å². The lowest BCUT2D eigenvalue weighted by molar-refractivity contribution is -0.131. The summed E-state index contributed by atoms with van der Waals surface area (Å²) >= 11 is 11.8. The lowest BCUT2D eigenvalue weighted by atomic mass is 9.96. The van der Waals surface area contributed by atoms with E-state index in [1.807, 2.05) is 6.07 Å². The molecule has 28 heavy (non-hydrogen) atoms. The molecule has 0 spiro atoms. The smallest absolute Gasteiger partial charge is 0.241 e. The summed E-state index contributed by atoms with van der Waals surface area (Å²) < 4.78 is 0. The van der Waals surface area contributed by atoms with Crippen LogP contribution in [-0.4, -0.2) is 34.9 Å². The maximum absolute atomic E-state index is 12.3. The molecule has 0 aliphatic carbocycles. The van der Waals surface area contributed by atoms with Gasteiger partial charge in [-0.25, -0.2) is 9.97 Å². The van der Waals surface area contributed by atoms with Crippen LogP contribution in [0.25, 0.3) is 0 Å². The second-order valence-corrected chi connectivity index (χ2v) is 7.41. The quantitative estimate of drug-likeness (QED) is 0.724. The number of hydrazine groups is 1. The Morgan fingerprint density at radius 2 is 1.79 bits per heavy atom. The summed E-state index contributed by atoms with van der Waals surface area (Å²) in [5.74, 6) is 0.110. The average molecular weight is 422 g/mol. The number of nitrogens with one attached hydrogen (secondary N) is 2. The third kappa shape index (κ3) is 5.56. The van der Waals surface area contributed by atoms with E-state index < -0.39 is 0 Å². The summed E-state index contributed by atoms with van der Waals surface area (Å²) in [6, 6.07) is 7.03. The molecule has 1 saturated heterocycles. The zero-order valence-electron chi connectivity index (χ0n) is 15.2. The molecule has 1 aromatic carbocycles. The van der Waals surface area contributed by atoms with Gasteiger partial charge in [0.15, 0.2) is 0 Å². The van der Waals surface area contributed by atoms with Gasteiger partial charge in [0.25, 0.3) is 0 Å². The first-order chi connectivity index (χ1) is 13.5. The molecule has 7 nitrogen and oxygen atoms in total. The van der Waals surface area contributed by atoms with E-state index in [9.17, 15) is 9.59 Å². The number of carbonyl (C=O) groups excluding carboxylic acids is 2. The van der Waals surface area contributed by atoms with Gasteiger partial charge in [0, 0.05) is 37.8 Å². The Morgan fingerprint density at radius 1 is 1.07 bits per heavy atom. The second-order valence-electron chi connectivity index (χ2n) is 6.60. The highest BCUT2D eigenvalue weighted by atomic mass is 35.5. The van der Waals surface area contributed by atoms with Gasteiger partial charge in [-0.15, -0.1) is 0 Å². The number of hydrogen-bond donors (Lipinski definition) is 2. The lowest BCUT2D eigenvalue weighted by Gasteiger charge is -2.31. The molecule has 3 rings (SSSR count). The molecule has 0 bridgehead atoms. The van der Waals surface area contributed by atoms with Gasteiger partial charge < -0.3 is 4.90 Å². The third-order valence-corrected chi connectivity index (χ3v) is 5.39. The maximum atomic E-state index is 12.3. The minimum atomic E-state index is -0.255. The molecule has 0 saturated carbocycles. The van der Waals surface area contributed by atoms with Crippen molar-refractivity contribution in [3.8, 4) is 0 Å². The molecule has 2 aromatic rings. The SMILES string of the molecule is O=C(CCc1ccc(Cl)c(Cl)c1)NNC(=O)C1CCN(c2ncccn2)CC1. The fourth-order valence-corrected chi connectivity index (χ4v) is 3.37. The number of rotatable bonds is 5. The minimum absolute atomic E-state index is 0.143. The van der Waals surface area contributed by atoms with Crippen LogP contribution in [0.1, 0.15) is 24.8 Å². The first-order valence-electron chi connectivity index (χ1n) is 9.07. The monoisotopic (exact) mass is 421 g/mol. The highest BCUT2D eigenvalue weighted by molar-refractivity contribution is 6.42. The van der Waals surface area contributed by atoms with E-state index in [0.717, 1.165) is 5.56 Å². The standard InChI is InChI=1S/C19H21Cl2N5O2/c20-15-4-2-13(12-16(15)21)3-5-17(27)24-25-18(28)14-6-10-26(11-7-14)19-22-8-1-9-23-19/h1-2,4,8-9,12,14H,3,5-7,10-11H2,(H,24,27)(H,25,28). The van der Waals surface area contributed by atoms with Gasteiger partial charge in [-0.1, -0.05) is 29.3 Å². The molecule has 0 atom stereocenters. The first-order valence-corrected chi connectivity index (χ1v) is 9.83. The summed E-state index contributed by atoms with van der Waals surface area (Å²) in [7, 11) is 0. The van der Waals surface area contributed by atoms with Crippen molar-refractivity contribution in [3.05, 3.63) is 52.3 Å². The van der Waals surface area contributed by atoms with Gasteiger partial charge in [0.1, 0.15) is 0 Å². The van der Waals surface area contributed by atoms with Gasteiger partial charge in [0.05, 0.1) is 10.0 Å². The van der Waals surface area contributed by atoms with Crippen LogP contribution in [0.5, 0.6) is 0 Å². The first kappa shape index (κ1) is 20.4. The highest BCUT2D eigenvalue weighted by Crippen LogP contribution is 2.23. The summed E-state index contributed by atoms with van der Waals surface area (Å²) in [5, 5.41) is 0.937. The van der Waals surface area contributed by atoms with Gasteiger partial charge in [-0.3, -0.25) is 20.4 Å². The Morgan fingerprint density at radius 3 is 2.46 bits per heavy atom. The van der Waals surface area contributed by atoms with Crippen LogP contribution in [-0.2, 0) is 16.0 Å². The van der Waals surface area contributed by atoms with E-state index in [-0.39, 0.29) is 24.2 Å². The van der Waals surface area contributed by atoms with E-state index in [0.29, 0.717) is 48.3 Å². The van der Waals surface area contributed by atoms with Gasteiger partial charge in [-0.2, -0.15) is 0 Å². The van der Waals surface area contributed by atoms with Crippen molar-refractivity contribution >= 4 is 41.0 Å². The van der Waals surface area contributed by atoms with Crippen molar-refractivity contribution in [3.63, 3.8) is 0 Å². The molecule has 1 aliphatic rings. The maximum Gasteiger partial charge on any atom is 0.241 e. The predicted octanol–water partition coefficient (Wildman–Crippen LogP) is 2.78. The summed E-state index contributed by atoms with van der Waals surface area (Å²) in [4.78, 5) is 34.8. The molecule has 2 N–H and O–H groups in total. The third-order valence-electron chi connectivity index (χ3n) is 4.65. The summed E-state index contributed by atoms with van der Waals surface area (Å²) in [6.07, 6.45) is 5.52. The van der Waals surface area contributed by atoms with Crippen molar-refractivity contribution in [1.29, 1.82) is 0 Å². The molecular weight excluding hydrogens is 401 g/mol. The van der Waals surface area contributed by atoms with E-state index >= 15 is 0 Å². The van der Waals surface area contributed by atoms with Crippen LogP contribution >= 0.6 is 23.2 Å². The number of carbonyl (C=O) groups is 2. The molecule has 1 aromatic heterocycles. The van der Waals surface area contributed by atoms with Crippen molar-refractivity contribution in [1.82, 2.24) is 20.8 Å². The number of halogens is 2. The number of piperidine rings is 1. The summed E-state index contributed by atoms with van der Waals surface area (Å²) in [6.45, 7) is 1.40. The predicted molar refractivity (Wildman–Crippen MR) is 108 cm³/mol. The van der Waals surface area contributed by atoms with Gasteiger partial charge in [-0.05, 0) is 43.0 Å². The van der Waals surface area contributed by atoms with Crippen molar-refractivity contribution in [2.24, 2.45) is 5.92 Å². The number of aromatic nitrogens is 2. The van der Waals surface area contributed by atoms with Crippen LogP contribution in [0.4, 0.5) is 5.95 Å². The van der Waals surface area contributed by atoms with Crippen LogP contribution in [0.15, 0.2) is 36.7 Å². The number of aryl methyl sites for hydroxylation is 1. The van der Waals surface area contributed by atoms with Gasteiger partial charge >= 0.3 is 0 Å². The van der Waals surface area contributed by atoms with Crippen molar-refractivity contribution in [2.45, 2.75) is 25.7 Å². The average Bonchev–Trinajstić information content (AvgIpc) is 2.73. The number of nitrogens with zero attached hydrogens (tertiary/aromatic N) is 3. The fourth-order valence-electron chi connectivity index (χ4n) is 3.05. The van der Waals surface area contributed by atoms with E-state index in [1.165, 1.54) is 0 Å². The Balaban J connectivity index is 1.38. The van der Waals surface area contributed by atoms with Crippen LogP contribution < -0.4 is 15.8 Å². The molecule has 2 amide bonds. The van der Waals surface area contributed by atoms with Crippen LogP contribution in [0.2, 0.25) is 10.0 Å². The molecule has 0 radical (unpaired) electrons. The lowest BCUT2D eigenvalue weighted by Crippen LogP contribution is -2.47. The molecule has 1 fully saturated rings. The summed E-state index contributed by atoms with van der Waals surface area (Å²) in [5.41, 5.74) is 5.92. The topological polar surface area (TPSA) is 87.2 Å². The zero-order valence-corrected chi connectivity index (χ0v) is 16.7. The molecule has 1 aliphatic heterocycles. The zero-order chi connectivity index (χ0) is 19.9. The van der Waals surface area contributed by atoms with Crippen LogP contribution in [0, 0.1) is 5.92 Å². The number of hydrogen-bond acceptors (Lipinski definition) is 5. The number of amides is 2. The Bertz CT molecular complexity index is 826. The van der Waals surface area contributed by atoms with Gasteiger partial charge in [0.2, 0.25) is 17.8 Å². The van der Waals surface area contributed by atoms with Crippen molar-refractivity contribution < 1.29 is 9.59 Å². The van der Waals surface area contributed by atoms with Crippen LogP contribution in [0.3, 0.4) is 0 Å². The van der Waals surface area contributed by atoms with Crippen molar-refractivity contribution in [2.75, 3.05) is 18.0 Å².